The van der Waals surface area contributed by atoms with E-state index >= 15 is 0 Å². The number of rotatable bonds is 3. The van der Waals surface area contributed by atoms with Crippen molar-refractivity contribution in [2.75, 3.05) is 13.7 Å². The number of ether oxygens (including phenoxy) is 1. The molecule has 1 aromatic carbocycles. The van der Waals surface area contributed by atoms with Crippen molar-refractivity contribution in [3.05, 3.63) is 28.8 Å². The highest BCUT2D eigenvalue weighted by Crippen LogP contribution is 2.32. The topological polar surface area (TPSA) is 55.8 Å². The number of methoxy groups -OCH3 is 1. The molecule has 0 saturated carbocycles. The van der Waals surface area contributed by atoms with E-state index in [0.717, 1.165) is 0 Å². The number of nitrogens with zero attached hydrogens (tertiary/aromatic N) is 1. The van der Waals surface area contributed by atoms with Crippen LogP contribution >= 0.6 is 11.6 Å². The summed E-state index contributed by atoms with van der Waals surface area (Å²) in [7, 11) is -2.13. The zero-order valence-electron chi connectivity index (χ0n) is 11.0. The zero-order valence-corrected chi connectivity index (χ0v) is 12.6. The predicted octanol–water partition coefficient (Wildman–Crippen LogP) is 2.20. The van der Waals surface area contributed by atoms with Crippen LogP contribution in [0.15, 0.2) is 18.2 Å². The fraction of sp³-hybridized carbons (Fsp3) is 0.500. The second-order valence-electron chi connectivity index (χ2n) is 5.00. The Bertz CT molecular complexity index is 585. The summed E-state index contributed by atoms with van der Waals surface area (Å²) in [6.45, 7) is 3.95. The highest BCUT2D eigenvalue weighted by molar-refractivity contribution is 7.84. The van der Waals surface area contributed by atoms with Gasteiger partial charge in [-0.25, -0.2) is 0 Å². The highest BCUT2D eigenvalue weighted by Gasteiger charge is 2.44. The van der Waals surface area contributed by atoms with Crippen LogP contribution in [0.3, 0.4) is 0 Å². The number of halogens is 1. The molecule has 5 nitrogen and oxygen atoms in total. The van der Waals surface area contributed by atoms with Crippen molar-refractivity contribution in [1.29, 1.82) is 0 Å². The Morgan fingerprint density at radius 3 is 2.63 bits per heavy atom. The minimum atomic E-state index is -3.68. The standard InChI is InChI=1S/C12H16ClNO4S/c1-12(2)8-18-19(15,16)14(12)7-9-4-5-10(17-3)6-11(9)13/h4-6H,7-8H2,1-3H3. The Labute approximate surface area is 118 Å². The van der Waals surface area contributed by atoms with Gasteiger partial charge in [0.2, 0.25) is 0 Å². The normalized spacial score (nSPS) is 21.5. The van der Waals surface area contributed by atoms with Gasteiger partial charge in [0.15, 0.2) is 0 Å². The van der Waals surface area contributed by atoms with E-state index in [1.54, 1.807) is 25.3 Å². The van der Waals surface area contributed by atoms with Crippen molar-refractivity contribution < 1.29 is 17.3 Å². The molecular formula is C12H16ClNO4S. The second kappa shape index (κ2) is 4.94. The molecule has 0 unspecified atom stereocenters. The molecule has 106 valence electrons. The first-order chi connectivity index (χ1) is 8.76. The summed E-state index contributed by atoms with van der Waals surface area (Å²) in [5, 5.41) is 0.470. The molecule has 0 bridgehead atoms. The average Bonchev–Trinajstić information content (AvgIpc) is 2.54. The van der Waals surface area contributed by atoms with E-state index in [-0.39, 0.29) is 13.2 Å². The molecule has 0 aliphatic carbocycles. The van der Waals surface area contributed by atoms with Crippen molar-refractivity contribution in [2.45, 2.75) is 25.9 Å². The smallest absolute Gasteiger partial charge is 0.339 e. The Hall–Kier alpha value is -0.820. The van der Waals surface area contributed by atoms with E-state index in [0.29, 0.717) is 16.3 Å². The van der Waals surface area contributed by atoms with Gasteiger partial charge in [0.05, 0.1) is 19.3 Å². The Balaban J connectivity index is 2.30. The van der Waals surface area contributed by atoms with Crippen molar-refractivity contribution in [3.63, 3.8) is 0 Å². The lowest BCUT2D eigenvalue weighted by Gasteiger charge is -2.27. The molecule has 0 N–H and O–H groups in total. The molecule has 1 fully saturated rings. The SMILES string of the molecule is COc1ccc(CN2C(C)(C)COS2(=O)=O)c(Cl)c1. The van der Waals surface area contributed by atoms with Crippen LogP contribution < -0.4 is 4.74 Å². The van der Waals surface area contributed by atoms with Crippen molar-refractivity contribution in [2.24, 2.45) is 0 Å². The Morgan fingerprint density at radius 2 is 2.16 bits per heavy atom. The largest absolute Gasteiger partial charge is 0.497 e. The molecule has 1 aliphatic heterocycles. The third kappa shape index (κ3) is 2.86. The molecule has 0 radical (unpaired) electrons. The zero-order chi connectivity index (χ0) is 14.3. The van der Waals surface area contributed by atoms with Gasteiger partial charge >= 0.3 is 10.3 Å². The predicted molar refractivity (Wildman–Crippen MR) is 72.5 cm³/mol. The molecule has 1 saturated heterocycles. The lowest BCUT2D eigenvalue weighted by molar-refractivity contribution is 0.220. The molecule has 1 aliphatic rings. The lowest BCUT2D eigenvalue weighted by Crippen LogP contribution is -2.41. The second-order valence-corrected chi connectivity index (χ2v) is 6.94. The monoisotopic (exact) mass is 305 g/mol. The van der Waals surface area contributed by atoms with E-state index in [2.05, 4.69) is 0 Å². The average molecular weight is 306 g/mol. The molecule has 1 heterocycles. The minimum absolute atomic E-state index is 0.142. The summed E-state index contributed by atoms with van der Waals surface area (Å²) in [6, 6.07) is 5.16. The molecule has 1 aromatic rings. The first kappa shape index (κ1) is 14.6. The number of benzene rings is 1. The van der Waals surface area contributed by atoms with Crippen molar-refractivity contribution in [3.8, 4) is 5.75 Å². The van der Waals surface area contributed by atoms with Gasteiger partial charge in [-0.15, -0.1) is 0 Å². The molecule has 19 heavy (non-hydrogen) atoms. The van der Waals surface area contributed by atoms with E-state index in [1.165, 1.54) is 4.31 Å². The van der Waals surface area contributed by atoms with Gasteiger partial charge in [-0.2, -0.15) is 12.7 Å². The van der Waals surface area contributed by atoms with Crippen LogP contribution in [-0.4, -0.2) is 32.0 Å². The summed E-state index contributed by atoms with van der Waals surface area (Å²) in [5.74, 6) is 0.633. The molecule has 0 amide bonds. The van der Waals surface area contributed by atoms with Gasteiger partial charge < -0.3 is 4.74 Å². The summed E-state index contributed by atoms with van der Waals surface area (Å²) in [6.07, 6.45) is 0. The van der Waals surface area contributed by atoms with Gasteiger partial charge in [-0.3, -0.25) is 4.18 Å². The van der Waals surface area contributed by atoms with E-state index in [4.69, 9.17) is 20.5 Å². The number of hydrogen-bond acceptors (Lipinski definition) is 4. The van der Waals surface area contributed by atoms with Crippen LogP contribution in [0, 0.1) is 0 Å². The van der Waals surface area contributed by atoms with Gasteiger partial charge in [0, 0.05) is 11.6 Å². The first-order valence-electron chi connectivity index (χ1n) is 5.76. The summed E-state index contributed by atoms with van der Waals surface area (Å²) < 4.78 is 34.9. The van der Waals surface area contributed by atoms with Crippen LogP contribution in [0.5, 0.6) is 5.75 Å². The van der Waals surface area contributed by atoms with E-state index < -0.39 is 15.8 Å². The summed E-state index contributed by atoms with van der Waals surface area (Å²) in [5.41, 5.74) is 0.131. The van der Waals surface area contributed by atoms with Gasteiger partial charge in [-0.1, -0.05) is 17.7 Å². The van der Waals surface area contributed by atoms with Crippen LogP contribution in [0.25, 0.3) is 0 Å². The maximum atomic E-state index is 11.9. The molecule has 2 rings (SSSR count). The maximum absolute atomic E-state index is 11.9. The van der Waals surface area contributed by atoms with Gasteiger partial charge in [0.1, 0.15) is 5.75 Å². The molecule has 0 spiro atoms. The van der Waals surface area contributed by atoms with Crippen molar-refractivity contribution >= 4 is 21.9 Å². The Morgan fingerprint density at radius 1 is 1.47 bits per heavy atom. The quantitative estimate of drug-likeness (QED) is 0.859. The van der Waals surface area contributed by atoms with Crippen LogP contribution in [0.1, 0.15) is 19.4 Å². The molecular weight excluding hydrogens is 290 g/mol. The highest BCUT2D eigenvalue weighted by atomic mass is 35.5. The number of hydrogen-bond donors (Lipinski definition) is 0. The van der Waals surface area contributed by atoms with Crippen LogP contribution in [-0.2, 0) is 21.0 Å². The fourth-order valence-electron chi connectivity index (χ4n) is 1.89. The van der Waals surface area contributed by atoms with Crippen LogP contribution in [0.4, 0.5) is 0 Å². The molecule has 0 aromatic heterocycles. The maximum Gasteiger partial charge on any atom is 0.339 e. The summed E-state index contributed by atoms with van der Waals surface area (Å²) >= 11 is 6.13. The first-order valence-corrected chi connectivity index (χ1v) is 7.50. The van der Waals surface area contributed by atoms with Crippen molar-refractivity contribution in [1.82, 2.24) is 4.31 Å². The lowest BCUT2D eigenvalue weighted by atomic mass is 10.1. The third-order valence-electron chi connectivity index (χ3n) is 3.08. The van der Waals surface area contributed by atoms with E-state index in [1.807, 2.05) is 13.8 Å². The Kier molecular flexibility index (Phi) is 3.79. The third-order valence-corrected chi connectivity index (χ3v) is 5.01. The summed E-state index contributed by atoms with van der Waals surface area (Å²) in [4.78, 5) is 0. The van der Waals surface area contributed by atoms with Gasteiger partial charge in [-0.05, 0) is 31.5 Å². The minimum Gasteiger partial charge on any atom is -0.497 e. The van der Waals surface area contributed by atoms with E-state index in [9.17, 15) is 8.42 Å². The fourth-order valence-corrected chi connectivity index (χ4v) is 3.64. The van der Waals surface area contributed by atoms with Gasteiger partial charge in [0.25, 0.3) is 0 Å². The molecule has 7 heteroatoms. The molecule has 0 atom stereocenters. The van der Waals surface area contributed by atoms with Crippen LogP contribution in [0.2, 0.25) is 5.02 Å².